The van der Waals surface area contributed by atoms with E-state index in [1.807, 2.05) is 11.8 Å². The van der Waals surface area contributed by atoms with Crippen LogP contribution in [0.4, 0.5) is 0 Å². The number of rotatable bonds is 3. The molecule has 0 atom stereocenters. The fourth-order valence-electron chi connectivity index (χ4n) is 1.93. The summed E-state index contributed by atoms with van der Waals surface area (Å²) in [5, 5.41) is 0. The standard InChI is InChI=1S/C10H17NOS/c1-13-10(4-5-10)8-11-6-2-9(12)3-7-11/h2-8H2,1H3. The highest BCUT2D eigenvalue weighted by Crippen LogP contribution is 2.47. The van der Waals surface area contributed by atoms with E-state index in [4.69, 9.17) is 0 Å². The molecule has 2 rings (SSSR count). The van der Waals surface area contributed by atoms with Crippen LogP contribution in [-0.2, 0) is 4.79 Å². The van der Waals surface area contributed by atoms with Crippen LogP contribution in [-0.4, -0.2) is 41.3 Å². The summed E-state index contributed by atoms with van der Waals surface area (Å²) in [6.45, 7) is 3.21. The van der Waals surface area contributed by atoms with Crippen molar-refractivity contribution in [3.63, 3.8) is 0 Å². The molecule has 74 valence electrons. The van der Waals surface area contributed by atoms with Gasteiger partial charge in [-0.1, -0.05) is 0 Å². The van der Waals surface area contributed by atoms with Crippen molar-refractivity contribution in [1.29, 1.82) is 0 Å². The Balaban J connectivity index is 1.79. The van der Waals surface area contributed by atoms with Crippen molar-refractivity contribution >= 4 is 17.5 Å². The molecule has 0 bridgehead atoms. The molecule has 0 aromatic carbocycles. The summed E-state index contributed by atoms with van der Waals surface area (Å²) in [5.74, 6) is 0.449. The van der Waals surface area contributed by atoms with Gasteiger partial charge in [0.25, 0.3) is 0 Å². The average Bonchev–Trinajstić information content (AvgIpc) is 2.90. The smallest absolute Gasteiger partial charge is 0.135 e. The Bertz CT molecular complexity index is 203. The van der Waals surface area contributed by atoms with Crippen molar-refractivity contribution < 1.29 is 4.79 Å². The molecule has 0 spiro atoms. The van der Waals surface area contributed by atoms with Gasteiger partial charge in [-0.25, -0.2) is 0 Å². The summed E-state index contributed by atoms with van der Waals surface area (Å²) >= 11 is 2.01. The molecule has 0 aromatic heterocycles. The minimum atomic E-state index is 0.449. The lowest BCUT2D eigenvalue weighted by Crippen LogP contribution is -2.38. The van der Waals surface area contributed by atoms with E-state index >= 15 is 0 Å². The Morgan fingerprint density at radius 2 is 2.00 bits per heavy atom. The Kier molecular flexibility index (Phi) is 2.65. The zero-order valence-corrected chi connectivity index (χ0v) is 9.03. The maximum atomic E-state index is 11.0. The molecule has 0 amide bonds. The van der Waals surface area contributed by atoms with Crippen molar-refractivity contribution in [2.75, 3.05) is 25.9 Å². The molecule has 0 aromatic rings. The predicted octanol–water partition coefficient (Wildman–Crippen LogP) is 1.55. The molecule has 1 aliphatic heterocycles. The second-order valence-electron chi connectivity index (χ2n) is 4.20. The molecular formula is C10H17NOS. The number of likely N-dealkylation sites (tertiary alicyclic amines) is 1. The first-order valence-corrected chi connectivity index (χ1v) is 6.26. The topological polar surface area (TPSA) is 20.3 Å². The zero-order chi connectivity index (χ0) is 9.31. The van der Waals surface area contributed by atoms with Crippen LogP contribution < -0.4 is 0 Å². The maximum absolute atomic E-state index is 11.0. The van der Waals surface area contributed by atoms with Gasteiger partial charge in [-0.15, -0.1) is 0 Å². The van der Waals surface area contributed by atoms with E-state index in [-0.39, 0.29) is 0 Å². The van der Waals surface area contributed by atoms with E-state index in [1.165, 1.54) is 19.4 Å². The van der Waals surface area contributed by atoms with Crippen molar-refractivity contribution in [3.8, 4) is 0 Å². The van der Waals surface area contributed by atoms with Gasteiger partial charge in [-0.2, -0.15) is 11.8 Å². The van der Waals surface area contributed by atoms with Gasteiger partial charge < -0.3 is 4.90 Å². The number of hydrogen-bond acceptors (Lipinski definition) is 3. The molecule has 1 saturated carbocycles. The largest absolute Gasteiger partial charge is 0.301 e. The van der Waals surface area contributed by atoms with Crippen molar-refractivity contribution in [2.45, 2.75) is 30.4 Å². The highest BCUT2D eigenvalue weighted by atomic mass is 32.2. The highest BCUT2D eigenvalue weighted by molar-refractivity contribution is 8.00. The highest BCUT2D eigenvalue weighted by Gasteiger charge is 2.43. The third-order valence-corrected chi connectivity index (χ3v) is 4.57. The van der Waals surface area contributed by atoms with Gasteiger partial charge in [-0.05, 0) is 19.1 Å². The van der Waals surface area contributed by atoms with Gasteiger partial charge in [0, 0.05) is 37.2 Å². The number of nitrogens with zero attached hydrogens (tertiary/aromatic N) is 1. The normalized spacial score (nSPS) is 27.6. The summed E-state index contributed by atoms with van der Waals surface area (Å²) in [4.78, 5) is 13.5. The number of hydrogen-bond donors (Lipinski definition) is 0. The maximum Gasteiger partial charge on any atom is 0.135 e. The summed E-state index contributed by atoms with van der Waals surface area (Å²) in [7, 11) is 0. The molecule has 3 heteroatoms. The van der Waals surface area contributed by atoms with E-state index in [2.05, 4.69) is 11.2 Å². The molecule has 2 nitrogen and oxygen atoms in total. The Morgan fingerprint density at radius 3 is 2.46 bits per heavy atom. The molecular weight excluding hydrogens is 182 g/mol. The van der Waals surface area contributed by atoms with Crippen LogP contribution in [0.5, 0.6) is 0 Å². The van der Waals surface area contributed by atoms with Gasteiger partial charge >= 0.3 is 0 Å². The summed E-state index contributed by atoms with van der Waals surface area (Å²) < 4.78 is 0.570. The number of Topliss-reactive ketones (excluding diaryl/α,β-unsaturated/α-hetero) is 1. The lowest BCUT2D eigenvalue weighted by atomic mass is 10.1. The fourth-order valence-corrected chi connectivity index (χ4v) is 2.76. The molecule has 0 unspecified atom stereocenters. The van der Waals surface area contributed by atoms with E-state index in [0.29, 0.717) is 10.5 Å². The van der Waals surface area contributed by atoms with Crippen LogP contribution in [0.1, 0.15) is 25.7 Å². The number of carbonyl (C=O) groups is 1. The Labute approximate surface area is 84.1 Å². The molecule has 2 fully saturated rings. The van der Waals surface area contributed by atoms with Crippen LogP contribution in [0.25, 0.3) is 0 Å². The van der Waals surface area contributed by atoms with Gasteiger partial charge in [-0.3, -0.25) is 4.79 Å². The lowest BCUT2D eigenvalue weighted by molar-refractivity contribution is -0.121. The summed E-state index contributed by atoms with van der Waals surface area (Å²) in [6, 6.07) is 0. The second kappa shape index (κ2) is 3.62. The van der Waals surface area contributed by atoms with Crippen LogP contribution in [0.3, 0.4) is 0 Å². The number of carbonyl (C=O) groups excluding carboxylic acids is 1. The van der Waals surface area contributed by atoms with Gasteiger partial charge in [0.05, 0.1) is 0 Å². The lowest BCUT2D eigenvalue weighted by Gasteiger charge is -2.29. The van der Waals surface area contributed by atoms with Crippen molar-refractivity contribution in [3.05, 3.63) is 0 Å². The Hall–Kier alpha value is -0.0200. The van der Waals surface area contributed by atoms with Crippen molar-refractivity contribution in [1.82, 2.24) is 4.90 Å². The molecule has 0 radical (unpaired) electrons. The average molecular weight is 199 g/mol. The second-order valence-corrected chi connectivity index (χ2v) is 5.48. The zero-order valence-electron chi connectivity index (χ0n) is 8.21. The molecule has 1 aliphatic carbocycles. The van der Waals surface area contributed by atoms with Crippen LogP contribution in [0.2, 0.25) is 0 Å². The molecule has 1 heterocycles. The van der Waals surface area contributed by atoms with Crippen molar-refractivity contribution in [2.24, 2.45) is 0 Å². The fraction of sp³-hybridized carbons (Fsp3) is 0.900. The van der Waals surface area contributed by atoms with Gasteiger partial charge in [0.1, 0.15) is 5.78 Å². The van der Waals surface area contributed by atoms with E-state index in [9.17, 15) is 4.79 Å². The van der Waals surface area contributed by atoms with Crippen LogP contribution >= 0.6 is 11.8 Å². The molecule has 1 saturated heterocycles. The first kappa shape index (κ1) is 9.53. The summed E-state index contributed by atoms with van der Waals surface area (Å²) in [6.07, 6.45) is 6.52. The first-order valence-electron chi connectivity index (χ1n) is 5.03. The Morgan fingerprint density at radius 1 is 1.38 bits per heavy atom. The third kappa shape index (κ3) is 2.26. The van der Waals surface area contributed by atoms with Crippen LogP contribution in [0, 0.1) is 0 Å². The minimum Gasteiger partial charge on any atom is -0.301 e. The number of ketones is 1. The summed E-state index contributed by atoms with van der Waals surface area (Å²) in [5.41, 5.74) is 0. The quantitative estimate of drug-likeness (QED) is 0.688. The predicted molar refractivity (Wildman–Crippen MR) is 56.2 cm³/mol. The van der Waals surface area contributed by atoms with E-state index < -0.39 is 0 Å². The molecule has 0 N–H and O–H groups in total. The first-order chi connectivity index (χ1) is 6.24. The number of piperidine rings is 1. The molecule has 13 heavy (non-hydrogen) atoms. The SMILES string of the molecule is CSC1(CN2CCC(=O)CC2)CC1. The monoisotopic (exact) mass is 199 g/mol. The van der Waals surface area contributed by atoms with E-state index in [1.54, 1.807) is 0 Å². The third-order valence-electron chi connectivity index (χ3n) is 3.17. The number of thioether (sulfide) groups is 1. The minimum absolute atomic E-state index is 0.449. The van der Waals surface area contributed by atoms with Gasteiger partial charge in [0.2, 0.25) is 0 Å². The van der Waals surface area contributed by atoms with Gasteiger partial charge in [0.15, 0.2) is 0 Å². The molecule has 2 aliphatic rings. The van der Waals surface area contributed by atoms with Crippen LogP contribution in [0.15, 0.2) is 0 Å². The van der Waals surface area contributed by atoms with E-state index in [0.717, 1.165) is 25.9 Å².